The van der Waals surface area contributed by atoms with Gasteiger partial charge in [0, 0.05) is 6.54 Å². The molecule has 1 atom stereocenters. The first kappa shape index (κ1) is 14.2. The molecular weight excluding hydrogens is 258 g/mol. The monoisotopic (exact) mass is 275 g/mol. The fourth-order valence-corrected chi connectivity index (χ4v) is 1.94. The second-order valence-corrected chi connectivity index (χ2v) is 5.16. The highest BCUT2D eigenvalue weighted by Gasteiger charge is 2.36. The highest BCUT2D eigenvalue weighted by Crippen LogP contribution is 2.19. The molecule has 6 heteroatoms. The molecule has 1 N–H and O–H groups in total. The molecule has 1 unspecified atom stereocenters. The smallest absolute Gasteiger partial charge is 0.351 e. The third-order valence-electron chi connectivity index (χ3n) is 3.00. The summed E-state index contributed by atoms with van der Waals surface area (Å²) < 4.78 is 0. The molecule has 0 saturated carbocycles. The summed E-state index contributed by atoms with van der Waals surface area (Å²) in [5.41, 5.74) is 0.432. The average molecular weight is 275 g/mol. The van der Waals surface area contributed by atoms with E-state index in [4.69, 9.17) is 0 Å². The van der Waals surface area contributed by atoms with Gasteiger partial charge in [-0.1, -0.05) is 32.1 Å². The number of aliphatic imine (C=N–C) groups is 1. The lowest BCUT2D eigenvalue weighted by atomic mass is 9.95. The van der Waals surface area contributed by atoms with Crippen molar-refractivity contribution >= 4 is 23.6 Å². The van der Waals surface area contributed by atoms with Gasteiger partial charge in [0.25, 0.3) is 0 Å². The Morgan fingerprint density at radius 3 is 2.85 bits per heavy atom. The molecule has 4 amide bonds. The van der Waals surface area contributed by atoms with Gasteiger partial charge < -0.3 is 5.32 Å². The first-order valence-electron chi connectivity index (χ1n) is 6.54. The van der Waals surface area contributed by atoms with Crippen molar-refractivity contribution in [1.29, 1.82) is 0 Å². The second-order valence-electron chi connectivity index (χ2n) is 5.16. The van der Waals surface area contributed by atoms with E-state index in [1.54, 1.807) is 24.3 Å². The van der Waals surface area contributed by atoms with E-state index < -0.39 is 17.9 Å². The number of hydrogen-bond acceptors (Lipinski definition) is 3. The van der Waals surface area contributed by atoms with Crippen molar-refractivity contribution in [3.05, 3.63) is 24.3 Å². The summed E-state index contributed by atoms with van der Waals surface area (Å²) in [4.78, 5) is 40.5. The Labute approximate surface area is 117 Å². The first-order chi connectivity index (χ1) is 9.49. The normalized spacial score (nSPS) is 21.1. The van der Waals surface area contributed by atoms with Crippen LogP contribution in [0.5, 0.6) is 0 Å². The van der Waals surface area contributed by atoms with Crippen LogP contribution in [0.3, 0.4) is 0 Å². The average Bonchev–Trinajstić information content (AvgIpc) is 2.41. The number of allylic oxidation sites excluding steroid dienone is 3. The Bertz CT molecular complexity index is 532. The number of hydrogen-bond donors (Lipinski definition) is 1. The van der Waals surface area contributed by atoms with Crippen LogP contribution in [0.1, 0.15) is 13.8 Å². The van der Waals surface area contributed by atoms with Crippen LogP contribution >= 0.6 is 0 Å². The summed E-state index contributed by atoms with van der Waals surface area (Å²) in [5, 5.41) is 2.68. The maximum atomic E-state index is 12.2. The van der Waals surface area contributed by atoms with Crippen molar-refractivity contribution in [3.8, 4) is 0 Å². The number of nitrogens with one attached hydrogen (secondary N) is 1. The molecule has 1 heterocycles. The lowest BCUT2D eigenvalue weighted by Crippen LogP contribution is -2.50. The highest BCUT2D eigenvalue weighted by atomic mass is 16.2. The summed E-state index contributed by atoms with van der Waals surface area (Å²) in [5.74, 6) is -1.01. The molecule has 6 nitrogen and oxygen atoms in total. The molecule has 2 rings (SSSR count). The third-order valence-corrected chi connectivity index (χ3v) is 3.00. The van der Waals surface area contributed by atoms with Crippen molar-refractivity contribution in [2.75, 3.05) is 13.1 Å². The Morgan fingerprint density at radius 1 is 1.40 bits per heavy atom. The zero-order chi connectivity index (χ0) is 14.7. The standard InChI is InChI=1S/C14H17N3O3/c1-9(2)7-15-12(18)8-17-13(19)10-5-3-4-6-11(10)16-14(17)20/h3-6,9-10H,7-8H2,1-2H3,(H,15,18). The minimum atomic E-state index is -0.680. The van der Waals surface area contributed by atoms with Gasteiger partial charge in [0.05, 0.1) is 11.6 Å². The largest absolute Gasteiger partial charge is 0.354 e. The van der Waals surface area contributed by atoms with Crippen LogP contribution in [0.25, 0.3) is 0 Å². The van der Waals surface area contributed by atoms with E-state index >= 15 is 0 Å². The molecule has 0 spiro atoms. The molecule has 0 aromatic rings. The minimum Gasteiger partial charge on any atom is -0.354 e. The second kappa shape index (κ2) is 5.81. The van der Waals surface area contributed by atoms with E-state index in [0.717, 1.165) is 4.90 Å². The number of urea groups is 1. The Morgan fingerprint density at radius 2 is 2.15 bits per heavy atom. The molecule has 20 heavy (non-hydrogen) atoms. The van der Waals surface area contributed by atoms with Gasteiger partial charge >= 0.3 is 6.03 Å². The SMILES string of the molecule is CC(C)CNC(=O)CN1C(=O)N=C2C=CC=CC2C1=O. The van der Waals surface area contributed by atoms with Crippen LogP contribution in [0.4, 0.5) is 4.79 Å². The van der Waals surface area contributed by atoms with Crippen LogP contribution in [0.15, 0.2) is 29.3 Å². The van der Waals surface area contributed by atoms with E-state index in [1.165, 1.54) is 0 Å². The van der Waals surface area contributed by atoms with Crippen LogP contribution in [-0.2, 0) is 9.59 Å². The number of rotatable bonds is 4. The van der Waals surface area contributed by atoms with E-state index in [1.807, 2.05) is 13.8 Å². The lowest BCUT2D eigenvalue weighted by molar-refractivity contribution is -0.134. The molecule has 0 radical (unpaired) electrons. The number of carbonyl (C=O) groups is 3. The molecule has 1 aliphatic carbocycles. The third kappa shape index (κ3) is 3.01. The molecule has 0 fully saturated rings. The van der Waals surface area contributed by atoms with Crippen LogP contribution in [-0.4, -0.2) is 41.5 Å². The van der Waals surface area contributed by atoms with Gasteiger partial charge in [0.1, 0.15) is 6.54 Å². The molecule has 0 bridgehead atoms. The summed E-state index contributed by atoms with van der Waals surface area (Å²) in [6.45, 7) is 4.16. The zero-order valence-electron chi connectivity index (χ0n) is 11.5. The Hall–Kier alpha value is -2.24. The quantitative estimate of drug-likeness (QED) is 0.828. The molecule has 106 valence electrons. The summed E-state index contributed by atoms with van der Waals surface area (Å²) in [6, 6.07) is -0.680. The maximum Gasteiger partial charge on any atom is 0.351 e. The van der Waals surface area contributed by atoms with Crippen molar-refractivity contribution in [1.82, 2.24) is 10.2 Å². The lowest BCUT2D eigenvalue weighted by Gasteiger charge is -2.27. The zero-order valence-corrected chi connectivity index (χ0v) is 11.5. The van der Waals surface area contributed by atoms with Gasteiger partial charge in [-0.3, -0.25) is 14.5 Å². The molecule has 1 aliphatic heterocycles. The van der Waals surface area contributed by atoms with E-state index in [2.05, 4.69) is 10.3 Å². The summed E-state index contributed by atoms with van der Waals surface area (Å²) in [6.07, 6.45) is 6.76. The number of imide groups is 1. The highest BCUT2D eigenvalue weighted by molar-refractivity contribution is 6.22. The van der Waals surface area contributed by atoms with Gasteiger partial charge in [-0.05, 0) is 12.0 Å². The fraction of sp³-hybridized carbons (Fsp3) is 0.429. The predicted molar refractivity (Wildman–Crippen MR) is 74.2 cm³/mol. The molecule has 2 aliphatic rings. The Balaban J connectivity index is 2.05. The number of nitrogens with zero attached hydrogens (tertiary/aromatic N) is 2. The van der Waals surface area contributed by atoms with Crippen LogP contribution < -0.4 is 5.32 Å². The number of carbonyl (C=O) groups excluding carboxylic acids is 3. The van der Waals surface area contributed by atoms with Gasteiger partial charge in [-0.2, -0.15) is 4.99 Å². The maximum absolute atomic E-state index is 12.2. The van der Waals surface area contributed by atoms with Crippen molar-refractivity contribution in [2.24, 2.45) is 16.8 Å². The van der Waals surface area contributed by atoms with Gasteiger partial charge in [0.15, 0.2) is 0 Å². The fourth-order valence-electron chi connectivity index (χ4n) is 1.94. The topological polar surface area (TPSA) is 78.8 Å². The van der Waals surface area contributed by atoms with E-state index in [9.17, 15) is 14.4 Å². The summed E-state index contributed by atoms with van der Waals surface area (Å²) in [7, 11) is 0. The van der Waals surface area contributed by atoms with Crippen LogP contribution in [0.2, 0.25) is 0 Å². The molecule has 0 saturated heterocycles. The van der Waals surface area contributed by atoms with Crippen molar-refractivity contribution < 1.29 is 14.4 Å². The molecule has 0 aromatic carbocycles. The number of amides is 4. The van der Waals surface area contributed by atoms with Gasteiger partial charge in [-0.25, -0.2) is 4.79 Å². The minimum absolute atomic E-state index is 0.283. The van der Waals surface area contributed by atoms with E-state index in [-0.39, 0.29) is 12.5 Å². The predicted octanol–water partition coefficient (Wildman–Crippen LogP) is 0.904. The van der Waals surface area contributed by atoms with E-state index in [0.29, 0.717) is 18.2 Å². The molecule has 0 aromatic heterocycles. The summed E-state index contributed by atoms with van der Waals surface area (Å²) >= 11 is 0. The van der Waals surface area contributed by atoms with Gasteiger partial charge in [-0.15, -0.1) is 0 Å². The first-order valence-corrected chi connectivity index (χ1v) is 6.54. The van der Waals surface area contributed by atoms with Crippen molar-refractivity contribution in [2.45, 2.75) is 13.8 Å². The Kier molecular flexibility index (Phi) is 4.12. The van der Waals surface area contributed by atoms with Gasteiger partial charge in [0.2, 0.25) is 11.8 Å². The number of fused-ring (bicyclic) bond motifs is 1. The van der Waals surface area contributed by atoms with Crippen LogP contribution in [0, 0.1) is 11.8 Å². The van der Waals surface area contributed by atoms with Crippen molar-refractivity contribution in [3.63, 3.8) is 0 Å². The molecular formula is C14H17N3O3.